The summed E-state index contributed by atoms with van der Waals surface area (Å²) in [6, 6.07) is 7.44. The maximum Gasteiger partial charge on any atom is 0.320 e. The molecule has 3 N–H and O–H groups in total. The number of aromatic nitrogens is 2. The summed E-state index contributed by atoms with van der Waals surface area (Å²) in [5.41, 5.74) is 7.19. The number of aromatic amines is 1. The van der Waals surface area contributed by atoms with Crippen molar-refractivity contribution in [3.05, 3.63) is 40.5 Å². The predicted octanol–water partition coefficient (Wildman–Crippen LogP) is 4.00. The minimum absolute atomic E-state index is 0.276. The number of nitrogens with two attached hydrogens (primary N) is 1. The van der Waals surface area contributed by atoms with Gasteiger partial charge in [0.15, 0.2) is 5.82 Å². The van der Waals surface area contributed by atoms with Crippen LogP contribution in [0.1, 0.15) is 32.0 Å². The van der Waals surface area contributed by atoms with Gasteiger partial charge < -0.3 is 10.5 Å². The smallest absolute Gasteiger partial charge is 0.320 e. The highest BCUT2D eigenvalue weighted by atomic mass is 35.5. The number of nitrogens with one attached hydrogen (secondary N) is 1. The molecule has 130 valence electrons. The standard InChI is InChI=1S/C17H22ClN3O2S/c1-10-14(15(19)21-20-10)24-13(16(22)23-17(2,3)4)9-11-5-7-12(18)8-6-11/h5-8,13H,9H2,1-4H3,(H3,19,20,21). The molecule has 2 rings (SSSR count). The minimum Gasteiger partial charge on any atom is -0.459 e. The lowest BCUT2D eigenvalue weighted by atomic mass is 10.1. The molecule has 5 nitrogen and oxygen atoms in total. The van der Waals surface area contributed by atoms with Gasteiger partial charge in [0.2, 0.25) is 0 Å². The quantitative estimate of drug-likeness (QED) is 0.616. The number of thioether (sulfide) groups is 1. The van der Waals surface area contributed by atoms with Crippen LogP contribution in [0.4, 0.5) is 5.82 Å². The molecule has 1 aromatic carbocycles. The molecule has 0 bridgehead atoms. The first-order valence-electron chi connectivity index (χ1n) is 7.60. The van der Waals surface area contributed by atoms with Gasteiger partial charge in [0.25, 0.3) is 0 Å². The number of carbonyl (C=O) groups is 1. The van der Waals surface area contributed by atoms with Crippen molar-refractivity contribution in [3.8, 4) is 0 Å². The average molecular weight is 368 g/mol. The number of hydrogen-bond acceptors (Lipinski definition) is 5. The van der Waals surface area contributed by atoms with Gasteiger partial charge in [-0.05, 0) is 51.8 Å². The Morgan fingerprint density at radius 3 is 2.50 bits per heavy atom. The van der Waals surface area contributed by atoms with Crippen LogP contribution >= 0.6 is 23.4 Å². The van der Waals surface area contributed by atoms with E-state index in [2.05, 4.69) is 10.2 Å². The molecular weight excluding hydrogens is 346 g/mol. The fraction of sp³-hybridized carbons (Fsp3) is 0.412. The second-order valence-electron chi connectivity index (χ2n) is 6.53. The van der Waals surface area contributed by atoms with Crippen LogP contribution in [0.3, 0.4) is 0 Å². The Hall–Kier alpha value is -1.66. The molecule has 0 amide bonds. The molecule has 7 heteroatoms. The number of anilines is 1. The van der Waals surface area contributed by atoms with E-state index in [4.69, 9.17) is 22.1 Å². The Balaban J connectivity index is 2.23. The number of ether oxygens (including phenoxy) is 1. The molecule has 0 aliphatic carbocycles. The van der Waals surface area contributed by atoms with Gasteiger partial charge in [0.1, 0.15) is 10.9 Å². The zero-order chi connectivity index (χ0) is 17.9. The van der Waals surface area contributed by atoms with Gasteiger partial charge >= 0.3 is 5.97 Å². The van der Waals surface area contributed by atoms with Gasteiger partial charge in [-0.15, -0.1) is 11.8 Å². The third kappa shape index (κ3) is 5.18. The number of H-pyrrole nitrogens is 1. The van der Waals surface area contributed by atoms with Crippen molar-refractivity contribution in [1.82, 2.24) is 10.2 Å². The van der Waals surface area contributed by atoms with Crippen molar-refractivity contribution >= 4 is 35.1 Å². The van der Waals surface area contributed by atoms with Crippen LogP contribution in [-0.4, -0.2) is 27.0 Å². The highest BCUT2D eigenvalue weighted by molar-refractivity contribution is 8.00. The van der Waals surface area contributed by atoms with E-state index in [1.54, 1.807) is 0 Å². The van der Waals surface area contributed by atoms with E-state index in [1.165, 1.54) is 11.8 Å². The van der Waals surface area contributed by atoms with Crippen molar-refractivity contribution in [1.29, 1.82) is 0 Å². The first-order valence-corrected chi connectivity index (χ1v) is 8.86. The Morgan fingerprint density at radius 2 is 2.00 bits per heavy atom. The largest absolute Gasteiger partial charge is 0.459 e. The lowest BCUT2D eigenvalue weighted by molar-refractivity contribution is -0.154. The first kappa shape index (κ1) is 18.7. The molecular formula is C17H22ClN3O2S. The van der Waals surface area contributed by atoms with Crippen LogP contribution < -0.4 is 5.73 Å². The molecule has 2 aromatic rings. The van der Waals surface area contributed by atoms with Crippen molar-refractivity contribution in [2.45, 2.75) is 49.9 Å². The first-order chi connectivity index (χ1) is 11.2. The van der Waals surface area contributed by atoms with Gasteiger partial charge in [-0.2, -0.15) is 5.10 Å². The van der Waals surface area contributed by atoms with Crippen LogP contribution in [0, 0.1) is 6.92 Å². The van der Waals surface area contributed by atoms with Gasteiger partial charge in [-0.25, -0.2) is 0 Å². The lowest BCUT2D eigenvalue weighted by Gasteiger charge is -2.24. The predicted molar refractivity (Wildman–Crippen MR) is 98.4 cm³/mol. The van der Waals surface area contributed by atoms with E-state index >= 15 is 0 Å². The number of aryl methyl sites for hydroxylation is 1. The second kappa shape index (κ2) is 7.49. The Bertz CT molecular complexity index is 688. The number of nitrogen functional groups attached to an aromatic ring is 1. The summed E-state index contributed by atoms with van der Waals surface area (Å²) in [6.45, 7) is 7.44. The summed E-state index contributed by atoms with van der Waals surface area (Å²) >= 11 is 7.30. The van der Waals surface area contributed by atoms with Crippen molar-refractivity contribution in [3.63, 3.8) is 0 Å². The molecule has 1 unspecified atom stereocenters. The van der Waals surface area contributed by atoms with Crippen LogP contribution in [0.2, 0.25) is 5.02 Å². The molecule has 1 atom stereocenters. The monoisotopic (exact) mass is 367 g/mol. The van der Waals surface area contributed by atoms with Crippen LogP contribution in [0.15, 0.2) is 29.2 Å². The zero-order valence-electron chi connectivity index (χ0n) is 14.2. The summed E-state index contributed by atoms with van der Waals surface area (Å²) in [7, 11) is 0. The number of hydrogen-bond donors (Lipinski definition) is 2. The molecule has 0 radical (unpaired) electrons. The Morgan fingerprint density at radius 1 is 1.38 bits per heavy atom. The average Bonchev–Trinajstić information content (AvgIpc) is 2.78. The fourth-order valence-corrected chi connectivity index (χ4v) is 3.32. The van der Waals surface area contributed by atoms with Crippen molar-refractivity contribution in [2.24, 2.45) is 0 Å². The van der Waals surface area contributed by atoms with Crippen LogP contribution in [0.25, 0.3) is 0 Å². The molecule has 1 aromatic heterocycles. The topological polar surface area (TPSA) is 81.0 Å². The van der Waals surface area contributed by atoms with E-state index in [-0.39, 0.29) is 5.97 Å². The third-order valence-electron chi connectivity index (χ3n) is 3.18. The van der Waals surface area contributed by atoms with Gasteiger partial charge in [0, 0.05) is 10.7 Å². The third-order valence-corrected chi connectivity index (χ3v) is 4.83. The van der Waals surface area contributed by atoms with Gasteiger partial charge in [-0.3, -0.25) is 9.89 Å². The SMILES string of the molecule is Cc1[nH]nc(N)c1SC(Cc1ccc(Cl)cc1)C(=O)OC(C)(C)C. The van der Waals surface area contributed by atoms with E-state index < -0.39 is 10.9 Å². The molecule has 0 spiro atoms. The Kier molecular flexibility index (Phi) is 5.83. The summed E-state index contributed by atoms with van der Waals surface area (Å²) in [5, 5.41) is 7.05. The molecule has 24 heavy (non-hydrogen) atoms. The van der Waals surface area contributed by atoms with Gasteiger partial charge in [-0.1, -0.05) is 23.7 Å². The molecule has 0 aliphatic rings. The summed E-state index contributed by atoms with van der Waals surface area (Å²) < 4.78 is 5.57. The van der Waals surface area contributed by atoms with Gasteiger partial charge in [0.05, 0.1) is 4.90 Å². The maximum absolute atomic E-state index is 12.6. The maximum atomic E-state index is 12.6. The zero-order valence-corrected chi connectivity index (χ0v) is 15.8. The summed E-state index contributed by atoms with van der Waals surface area (Å²) in [6.07, 6.45) is 0.515. The van der Waals surface area contributed by atoms with E-state index in [9.17, 15) is 4.79 Å². The van der Waals surface area contributed by atoms with Crippen LogP contribution in [-0.2, 0) is 16.0 Å². The number of benzene rings is 1. The highest BCUT2D eigenvalue weighted by Gasteiger charge is 2.28. The number of esters is 1. The van der Waals surface area contributed by atoms with Crippen LogP contribution in [0.5, 0.6) is 0 Å². The molecule has 0 aliphatic heterocycles. The Labute approximate surface area is 151 Å². The lowest BCUT2D eigenvalue weighted by Crippen LogP contribution is -2.31. The summed E-state index contributed by atoms with van der Waals surface area (Å²) in [5.74, 6) is 0.115. The minimum atomic E-state index is -0.549. The van der Waals surface area contributed by atoms with E-state index in [0.29, 0.717) is 17.3 Å². The molecule has 0 fully saturated rings. The number of rotatable bonds is 5. The molecule has 0 saturated carbocycles. The normalized spacial score (nSPS) is 12.9. The van der Waals surface area contributed by atoms with Crippen molar-refractivity contribution in [2.75, 3.05) is 5.73 Å². The van der Waals surface area contributed by atoms with E-state index in [1.807, 2.05) is 52.0 Å². The summed E-state index contributed by atoms with van der Waals surface area (Å²) in [4.78, 5) is 13.4. The number of carbonyl (C=O) groups excluding carboxylic acids is 1. The number of halogens is 1. The van der Waals surface area contributed by atoms with E-state index in [0.717, 1.165) is 16.2 Å². The highest BCUT2D eigenvalue weighted by Crippen LogP contribution is 2.33. The molecule has 1 heterocycles. The number of nitrogens with zero attached hydrogens (tertiary/aromatic N) is 1. The fourth-order valence-electron chi connectivity index (χ4n) is 2.10. The molecule has 0 saturated heterocycles. The second-order valence-corrected chi connectivity index (χ2v) is 8.18. The van der Waals surface area contributed by atoms with Crippen molar-refractivity contribution < 1.29 is 9.53 Å².